The van der Waals surface area contributed by atoms with Crippen LogP contribution >= 0.6 is 0 Å². The Labute approximate surface area is 414 Å². The van der Waals surface area contributed by atoms with Crippen LogP contribution in [0.4, 0.5) is 4.79 Å². The molecule has 2 aliphatic rings. The summed E-state index contributed by atoms with van der Waals surface area (Å²) in [6, 6.07) is 4.34. The van der Waals surface area contributed by atoms with E-state index < -0.39 is 108 Å². The number of allylic oxidation sites excluding steroid dienone is 1. The van der Waals surface area contributed by atoms with Gasteiger partial charge in [-0.25, -0.2) is 14.4 Å². The number of esters is 2. The number of carbonyl (C=O) groups is 8. The molecule has 3 rings (SSSR count). The highest BCUT2D eigenvalue weighted by atomic mass is 16.6. The molecule has 9 atom stereocenters. The third kappa shape index (κ3) is 17.2. The minimum Gasteiger partial charge on any atom is -0.456 e. The highest BCUT2D eigenvalue weighted by Crippen LogP contribution is 2.27. The van der Waals surface area contributed by atoms with Crippen LogP contribution in [0.1, 0.15) is 94.1 Å². The fourth-order valence-electron chi connectivity index (χ4n) is 8.19. The molecule has 1 aromatic rings. The summed E-state index contributed by atoms with van der Waals surface area (Å²) in [6.45, 7) is 18.6. The molecule has 0 bridgehead atoms. The quantitative estimate of drug-likeness (QED) is 0.150. The van der Waals surface area contributed by atoms with Gasteiger partial charge >= 0.3 is 18.0 Å². The Morgan fingerprint density at radius 2 is 1.51 bits per heavy atom. The molecule has 0 aliphatic carbocycles. The van der Waals surface area contributed by atoms with Crippen molar-refractivity contribution in [3.8, 4) is 0 Å². The van der Waals surface area contributed by atoms with Crippen molar-refractivity contribution >= 4 is 47.6 Å². The summed E-state index contributed by atoms with van der Waals surface area (Å²) >= 11 is 0. The van der Waals surface area contributed by atoms with Gasteiger partial charge in [-0.2, -0.15) is 0 Å². The number of piperazine rings is 1. The van der Waals surface area contributed by atoms with E-state index in [1.165, 1.54) is 45.8 Å². The van der Waals surface area contributed by atoms with Crippen molar-refractivity contribution in [1.82, 2.24) is 35.6 Å². The average molecular weight is 982 g/mol. The second-order valence-corrected chi connectivity index (χ2v) is 19.1. The molecular formula is C51H79N7O12. The van der Waals surface area contributed by atoms with Crippen LogP contribution in [-0.4, -0.2) is 175 Å². The van der Waals surface area contributed by atoms with Crippen LogP contribution in [0.5, 0.6) is 0 Å². The first kappa shape index (κ1) is 58.5. The van der Waals surface area contributed by atoms with E-state index in [9.17, 15) is 43.5 Å². The van der Waals surface area contributed by atoms with E-state index in [2.05, 4.69) is 16.0 Å². The summed E-state index contributed by atoms with van der Waals surface area (Å²) in [6.07, 6.45) is -0.0274. The van der Waals surface area contributed by atoms with E-state index in [1.807, 2.05) is 31.7 Å². The van der Waals surface area contributed by atoms with E-state index in [0.717, 1.165) is 10.5 Å². The van der Waals surface area contributed by atoms with Crippen LogP contribution < -0.4 is 16.0 Å². The number of hydrogen-bond acceptors (Lipinski definition) is 13. The third-order valence-electron chi connectivity index (χ3n) is 13.1. The molecule has 0 saturated carbocycles. The lowest BCUT2D eigenvalue weighted by Gasteiger charge is -2.36. The number of aliphatic hydroxyl groups excluding tert-OH is 1. The van der Waals surface area contributed by atoms with Crippen molar-refractivity contribution in [2.75, 3.05) is 60.0 Å². The topological polar surface area (TPSA) is 234 Å². The Morgan fingerprint density at radius 1 is 0.886 bits per heavy atom. The van der Waals surface area contributed by atoms with E-state index in [4.69, 9.17) is 14.2 Å². The van der Waals surface area contributed by atoms with Gasteiger partial charge in [0.05, 0.1) is 13.2 Å². The molecule has 1 aromatic carbocycles. The number of nitrogens with zero attached hydrogens (tertiary/aromatic N) is 4. The van der Waals surface area contributed by atoms with Crippen molar-refractivity contribution in [2.45, 2.75) is 137 Å². The predicted octanol–water partition coefficient (Wildman–Crippen LogP) is 2.99. The number of carbonyl (C=O) groups excluding carboxylic acids is 8. The van der Waals surface area contributed by atoms with Crippen LogP contribution in [-0.2, 0) is 54.2 Å². The third-order valence-corrected chi connectivity index (χ3v) is 13.1. The zero-order valence-corrected chi connectivity index (χ0v) is 43.3. The number of ether oxygens (including phenoxy) is 3. The van der Waals surface area contributed by atoms with Gasteiger partial charge in [0.15, 0.2) is 6.10 Å². The Balaban J connectivity index is 2.11. The number of cyclic esters (lactones) is 2. The van der Waals surface area contributed by atoms with Gasteiger partial charge in [-0.05, 0) is 64.0 Å². The first-order chi connectivity index (χ1) is 33.0. The van der Waals surface area contributed by atoms with Crippen molar-refractivity contribution in [1.29, 1.82) is 0 Å². The van der Waals surface area contributed by atoms with Crippen molar-refractivity contribution in [3.63, 3.8) is 0 Å². The lowest BCUT2D eigenvalue weighted by atomic mass is 9.90. The van der Waals surface area contributed by atoms with E-state index in [1.54, 1.807) is 62.9 Å². The van der Waals surface area contributed by atoms with Gasteiger partial charge in [-0.3, -0.25) is 28.9 Å². The molecule has 390 valence electrons. The van der Waals surface area contributed by atoms with Crippen LogP contribution in [0.15, 0.2) is 53.6 Å². The fraction of sp³-hybridized carbons (Fsp3) is 0.647. The minimum absolute atomic E-state index is 0.0178. The summed E-state index contributed by atoms with van der Waals surface area (Å²) in [4.78, 5) is 117. The molecule has 19 nitrogen and oxygen atoms in total. The van der Waals surface area contributed by atoms with Crippen LogP contribution in [0.2, 0.25) is 0 Å². The largest absolute Gasteiger partial charge is 0.456 e. The molecule has 6 amide bonds. The molecular weight excluding hydrogens is 903 g/mol. The van der Waals surface area contributed by atoms with Gasteiger partial charge in [-0.1, -0.05) is 83.5 Å². The number of benzene rings is 1. The second-order valence-electron chi connectivity index (χ2n) is 19.1. The highest BCUT2D eigenvalue weighted by Gasteiger charge is 2.38. The smallest absolute Gasteiger partial charge is 0.410 e. The molecule has 4 N–H and O–H groups in total. The maximum atomic E-state index is 14.3. The lowest BCUT2D eigenvalue weighted by molar-refractivity contribution is -0.155. The number of β-amino-alcohol motifs (C(OH)–C–C–N with tert-alkyl or cyclic N) is 1. The number of aliphatic hydroxyl groups is 1. The summed E-state index contributed by atoms with van der Waals surface area (Å²) in [5.74, 6) is -6.16. The van der Waals surface area contributed by atoms with Gasteiger partial charge in [0, 0.05) is 71.2 Å². The molecule has 1 unspecified atom stereocenters. The molecule has 19 heteroatoms. The Kier molecular flexibility index (Phi) is 23.5. The van der Waals surface area contributed by atoms with E-state index in [0.29, 0.717) is 44.7 Å². The summed E-state index contributed by atoms with van der Waals surface area (Å²) in [5, 5.41) is 17.5. The summed E-state index contributed by atoms with van der Waals surface area (Å²) in [5.41, 5.74) is 1.43. The maximum absolute atomic E-state index is 14.3. The van der Waals surface area contributed by atoms with Crippen molar-refractivity contribution < 1.29 is 57.7 Å². The monoisotopic (exact) mass is 982 g/mol. The van der Waals surface area contributed by atoms with Crippen molar-refractivity contribution in [2.24, 2.45) is 17.8 Å². The number of rotatable bonds is 10. The number of amides is 6. The lowest BCUT2D eigenvalue weighted by Crippen LogP contribution is -2.57. The van der Waals surface area contributed by atoms with E-state index >= 15 is 0 Å². The molecule has 70 heavy (non-hydrogen) atoms. The van der Waals surface area contributed by atoms with E-state index in [-0.39, 0.29) is 37.4 Å². The van der Waals surface area contributed by atoms with Gasteiger partial charge < -0.3 is 50.0 Å². The zero-order chi connectivity index (χ0) is 52.4. The fourth-order valence-corrected chi connectivity index (χ4v) is 8.19. The molecule has 1 fully saturated rings. The van der Waals surface area contributed by atoms with Crippen LogP contribution in [0, 0.1) is 17.8 Å². The van der Waals surface area contributed by atoms with Gasteiger partial charge in [0.1, 0.15) is 36.4 Å². The minimum atomic E-state index is -1.32. The van der Waals surface area contributed by atoms with Gasteiger partial charge in [0.2, 0.25) is 23.6 Å². The molecule has 0 aromatic heterocycles. The van der Waals surface area contributed by atoms with Crippen molar-refractivity contribution in [3.05, 3.63) is 59.2 Å². The van der Waals surface area contributed by atoms with Gasteiger partial charge in [0.25, 0.3) is 5.91 Å². The SMILES string of the molecule is C/C=C(\C)[C@H]1OC(=O)[C@@H](C)NC(=O)[C@H](C(C)CC)NC(=O)CN(C)C(=O)[C@@H](Cc2ccccc2)N(C)C(=O)[C@H](C)NC(=O)[C@@H](CC(C)C)OC(=O)/C(C)=C/C[C@H](OC(=O)N2CCN(CCO)CC2)[C@@H]1C. The maximum Gasteiger partial charge on any atom is 0.410 e. The first-order valence-electron chi connectivity index (χ1n) is 24.5. The zero-order valence-electron chi connectivity index (χ0n) is 43.3. The predicted molar refractivity (Wildman–Crippen MR) is 262 cm³/mol. The number of hydrogen-bond donors (Lipinski definition) is 4. The summed E-state index contributed by atoms with van der Waals surface area (Å²) in [7, 11) is 2.84. The molecule has 2 heterocycles. The summed E-state index contributed by atoms with van der Waals surface area (Å²) < 4.78 is 18.1. The molecule has 1 saturated heterocycles. The average Bonchev–Trinajstić information content (AvgIpc) is 3.33. The number of likely N-dealkylation sites (N-methyl/N-ethyl adjacent to an activating group) is 2. The second kappa shape index (κ2) is 28.1. The first-order valence-corrected chi connectivity index (χ1v) is 24.5. The Bertz CT molecular complexity index is 2020. The standard InChI is InChI=1S/C51H79N7O12/c1-13-32(5)43-46(62)53-37(10)50(66)70-44(33(6)14-2)35(8)40(69-51(67)58-24-22-57(23-25-58)26-27-59)21-20-34(7)49(65)68-41(28-31(3)4)45(61)52-36(9)47(63)56(12)39(29-38-18-16-15-17-19-38)48(64)55(11)30-42(60)54-43/h14-20,31-32,35-37,39-41,43-44,59H,13,21-30H2,1-12H3,(H,52,61)(H,53,62)(H,54,60)/b33-14+,34-20+/t32?,35-,36-,37+,39+,40-,41+,43-,44+/m0/s1. The van der Waals surface area contributed by atoms with Crippen LogP contribution in [0.25, 0.3) is 0 Å². The highest BCUT2D eigenvalue weighted by molar-refractivity contribution is 5.96. The number of nitrogens with one attached hydrogen (secondary N) is 3. The van der Waals surface area contributed by atoms with Gasteiger partial charge in [-0.15, -0.1) is 0 Å². The molecule has 0 radical (unpaired) electrons. The Hall–Kier alpha value is -5.82. The molecule has 2 aliphatic heterocycles. The Morgan fingerprint density at radius 3 is 2.10 bits per heavy atom. The molecule has 0 spiro atoms. The normalized spacial score (nSPS) is 27.7. The van der Waals surface area contributed by atoms with Crippen LogP contribution in [0.3, 0.4) is 0 Å².